The Labute approximate surface area is 88.5 Å². The Balaban J connectivity index is 2.19. The minimum atomic E-state index is -0.852. The van der Waals surface area contributed by atoms with Crippen LogP contribution in [0.3, 0.4) is 0 Å². The molecule has 86 valence electrons. The Morgan fingerprint density at radius 3 is 2.93 bits per heavy atom. The van der Waals surface area contributed by atoms with Gasteiger partial charge in [-0.1, -0.05) is 0 Å². The molecule has 0 aromatic carbocycles. The summed E-state index contributed by atoms with van der Waals surface area (Å²) in [5, 5.41) is 5.22. The van der Waals surface area contributed by atoms with Gasteiger partial charge in [0.2, 0.25) is 0 Å². The highest BCUT2D eigenvalue weighted by atomic mass is 16.5. The normalized spacial score (nSPS) is 22.3. The monoisotopic (exact) mass is 215 g/mol. The van der Waals surface area contributed by atoms with Gasteiger partial charge in [0.15, 0.2) is 0 Å². The molecule has 2 unspecified atom stereocenters. The quantitative estimate of drug-likeness (QED) is 0.580. The van der Waals surface area contributed by atoms with Gasteiger partial charge in [0.25, 0.3) is 5.91 Å². The van der Waals surface area contributed by atoms with E-state index in [4.69, 9.17) is 10.5 Å². The van der Waals surface area contributed by atoms with Crippen LogP contribution in [0.15, 0.2) is 0 Å². The number of nitrogens with one attached hydrogen (secondary N) is 2. The van der Waals surface area contributed by atoms with Gasteiger partial charge in [-0.3, -0.25) is 10.1 Å². The molecule has 0 aliphatic carbocycles. The highest BCUT2D eigenvalue weighted by molar-refractivity contribution is 5.95. The molecular formula is C9H17N3O3. The molecule has 1 heterocycles. The minimum absolute atomic E-state index is 0.314. The van der Waals surface area contributed by atoms with Crippen molar-refractivity contribution in [2.24, 2.45) is 5.73 Å². The van der Waals surface area contributed by atoms with Gasteiger partial charge in [0.1, 0.15) is 6.10 Å². The minimum Gasteiger partial charge on any atom is -0.367 e. The molecule has 0 aromatic heterocycles. The summed E-state index contributed by atoms with van der Waals surface area (Å²) in [6.45, 7) is 3.07. The van der Waals surface area contributed by atoms with Crippen molar-refractivity contribution in [3.8, 4) is 0 Å². The smallest absolute Gasteiger partial charge is 0.318 e. The van der Waals surface area contributed by atoms with Gasteiger partial charge < -0.3 is 15.8 Å². The second-order valence-electron chi connectivity index (χ2n) is 3.62. The molecule has 1 saturated heterocycles. The van der Waals surface area contributed by atoms with Crippen LogP contribution in [0, 0.1) is 0 Å². The van der Waals surface area contributed by atoms with Gasteiger partial charge in [-0.15, -0.1) is 0 Å². The van der Waals surface area contributed by atoms with Gasteiger partial charge in [-0.05, 0) is 26.3 Å². The number of primary amides is 1. The van der Waals surface area contributed by atoms with E-state index in [1.807, 2.05) is 5.32 Å². The third-order valence-corrected chi connectivity index (χ3v) is 2.33. The summed E-state index contributed by atoms with van der Waals surface area (Å²) in [7, 11) is 0. The largest absolute Gasteiger partial charge is 0.367 e. The summed E-state index contributed by atoms with van der Waals surface area (Å²) in [6.07, 6.45) is 1.54. The number of ether oxygens (including phenoxy) is 1. The molecule has 3 amide bonds. The number of carbonyl (C=O) groups excluding carboxylic acids is 2. The van der Waals surface area contributed by atoms with E-state index in [2.05, 4.69) is 5.32 Å². The number of hydrogen-bond donors (Lipinski definition) is 3. The van der Waals surface area contributed by atoms with Gasteiger partial charge in [-0.25, -0.2) is 4.79 Å². The summed E-state index contributed by atoms with van der Waals surface area (Å²) in [6, 6.07) is -0.539. The molecule has 2 atom stereocenters. The molecule has 0 saturated carbocycles. The van der Waals surface area contributed by atoms with Crippen LogP contribution in [0.25, 0.3) is 0 Å². The van der Waals surface area contributed by atoms with Crippen molar-refractivity contribution in [1.82, 2.24) is 10.6 Å². The van der Waals surface area contributed by atoms with E-state index < -0.39 is 18.0 Å². The first-order valence-corrected chi connectivity index (χ1v) is 5.05. The molecule has 0 radical (unpaired) electrons. The van der Waals surface area contributed by atoms with Crippen LogP contribution in [0.2, 0.25) is 0 Å². The zero-order chi connectivity index (χ0) is 11.3. The SMILES string of the molecule is CC(OCC1CCCN1)C(=O)NC(N)=O. The van der Waals surface area contributed by atoms with E-state index in [0.29, 0.717) is 12.6 Å². The summed E-state index contributed by atoms with van der Waals surface area (Å²) in [5.41, 5.74) is 4.81. The van der Waals surface area contributed by atoms with Crippen LogP contribution in [0.1, 0.15) is 19.8 Å². The summed E-state index contributed by atoms with van der Waals surface area (Å²) < 4.78 is 5.31. The average molecular weight is 215 g/mol. The Morgan fingerprint density at radius 2 is 2.40 bits per heavy atom. The third kappa shape index (κ3) is 4.26. The maximum Gasteiger partial charge on any atom is 0.318 e. The molecule has 0 aromatic rings. The Morgan fingerprint density at radius 1 is 1.67 bits per heavy atom. The van der Waals surface area contributed by atoms with Crippen LogP contribution in [-0.4, -0.2) is 37.2 Å². The van der Waals surface area contributed by atoms with E-state index in [1.165, 1.54) is 0 Å². The molecule has 0 spiro atoms. The number of carbonyl (C=O) groups is 2. The lowest BCUT2D eigenvalue weighted by molar-refractivity contribution is -0.130. The van der Waals surface area contributed by atoms with E-state index in [9.17, 15) is 9.59 Å². The van der Waals surface area contributed by atoms with Crippen molar-refractivity contribution in [3.63, 3.8) is 0 Å². The van der Waals surface area contributed by atoms with E-state index in [1.54, 1.807) is 6.92 Å². The van der Waals surface area contributed by atoms with Crippen LogP contribution < -0.4 is 16.4 Å². The number of rotatable bonds is 4. The van der Waals surface area contributed by atoms with Gasteiger partial charge in [-0.2, -0.15) is 0 Å². The van der Waals surface area contributed by atoms with Crippen molar-refractivity contribution in [2.75, 3.05) is 13.2 Å². The van der Waals surface area contributed by atoms with Crippen molar-refractivity contribution in [1.29, 1.82) is 0 Å². The first-order chi connectivity index (χ1) is 7.09. The highest BCUT2D eigenvalue weighted by Gasteiger charge is 2.19. The van der Waals surface area contributed by atoms with Crippen LogP contribution in [0.4, 0.5) is 4.79 Å². The lowest BCUT2D eigenvalue weighted by Crippen LogP contribution is -2.42. The topological polar surface area (TPSA) is 93.4 Å². The molecule has 15 heavy (non-hydrogen) atoms. The van der Waals surface area contributed by atoms with Crippen LogP contribution in [-0.2, 0) is 9.53 Å². The lowest BCUT2D eigenvalue weighted by atomic mass is 10.2. The Hall–Kier alpha value is -1.14. The first kappa shape index (κ1) is 11.9. The van der Waals surface area contributed by atoms with Crippen molar-refractivity contribution in [3.05, 3.63) is 0 Å². The average Bonchev–Trinajstić information content (AvgIpc) is 2.65. The fraction of sp³-hybridized carbons (Fsp3) is 0.778. The van der Waals surface area contributed by atoms with Gasteiger partial charge >= 0.3 is 6.03 Å². The van der Waals surface area contributed by atoms with E-state index >= 15 is 0 Å². The fourth-order valence-corrected chi connectivity index (χ4v) is 1.46. The number of nitrogens with two attached hydrogens (primary N) is 1. The Kier molecular flexibility index (Phi) is 4.51. The molecule has 1 fully saturated rings. The number of urea groups is 1. The van der Waals surface area contributed by atoms with E-state index in [0.717, 1.165) is 19.4 Å². The molecule has 0 bridgehead atoms. The molecule has 4 N–H and O–H groups in total. The second-order valence-corrected chi connectivity index (χ2v) is 3.62. The zero-order valence-electron chi connectivity index (χ0n) is 8.79. The summed E-state index contributed by atoms with van der Waals surface area (Å²) >= 11 is 0. The molecule has 6 nitrogen and oxygen atoms in total. The molecular weight excluding hydrogens is 198 g/mol. The summed E-state index contributed by atoms with van der Waals surface area (Å²) in [5.74, 6) is -0.500. The first-order valence-electron chi connectivity index (χ1n) is 5.05. The van der Waals surface area contributed by atoms with E-state index in [-0.39, 0.29) is 0 Å². The van der Waals surface area contributed by atoms with Gasteiger partial charge in [0.05, 0.1) is 6.61 Å². The fourth-order valence-electron chi connectivity index (χ4n) is 1.46. The third-order valence-electron chi connectivity index (χ3n) is 2.33. The van der Waals surface area contributed by atoms with Crippen molar-refractivity contribution < 1.29 is 14.3 Å². The zero-order valence-corrected chi connectivity index (χ0v) is 8.79. The maximum absolute atomic E-state index is 11.2. The standard InChI is InChI=1S/C9H17N3O3/c1-6(8(13)12-9(10)14)15-5-7-3-2-4-11-7/h6-7,11H,2-5H2,1H3,(H3,10,12,13,14). The number of imide groups is 1. The predicted octanol–water partition coefficient (Wildman–Crippen LogP) is -0.662. The molecule has 1 aliphatic rings. The highest BCUT2D eigenvalue weighted by Crippen LogP contribution is 2.06. The van der Waals surface area contributed by atoms with Crippen LogP contribution in [0.5, 0.6) is 0 Å². The molecule has 6 heteroatoms. The lowest BCUT2D eigenvalue weighted by Gasteiger charge is -2.15. The number of amides is 3. The maximum atomic E-state index is 11.2. The molecule has 1 rings (SSSR count). The van der Waals surface area contributed by atoms with Crippen LogP contribution >= 0.6 is 0 Å². The molecule has 1 aliphatic heterocycles. The predicted molar refractivity (Wildman–Crippen MR) is 54.2 cm³/mol. The Bertz CT molecular complexity index is 239. The van der Waals surface area contributed by atoms with Crippen molar-refractivity contribution >= 4 is 11.9 Å². The second kappa shape index (κ2) is 5.67. The summed E-state index contributed by atoms with van der Waals surface area (Å²) in [4.78, 5) is 21.6. The van der Waals surface area contributed by atoms with Gasteiger partial charge in [0, 0.05) is 6.04 Å². The number of hydrogen-bond acceptors (Lipinski definition) is 4. The van der Waals surface area contributed by atoms with Crippen molar-refractivity contribution in [2.45, 2.75) is 31.9 Å².